The van der Waals surface area contributed by atoms with Crippen LogP contribution in [0.4, 0.5) is 20.2 Å². The summed E-state index contributed by atoms with van der Waals surface area (Å²) in [5, 5.41) is 21.8. The summed E-state index contributed by atoms with van der Waals surface area (Å²) in [6, 6.07) is 1.87. The molecule has 15 heteroatoms. The van der Waals surface area contributed by atoms with Gasteiger partial charge in [-0.05, 0) is 13.0 Å². The van der Waals surface area contributed by atoms with Gasteiger partial charge in [0.15, 0.2) is 11.6 Å². The molecule has 0 amide bonds. The first-order valence-corrected chi connectivity index (χ1v) is 10.5. The van der Waals surface area contributed by atoms with Gasteiger partial charge >= 0.3 is 11.9 Å². The Balaban J connectivity index is 1.73. The van der Waals surface area contributed by atoms with Crippen molar-refractivity contribution in [1.29, 1.82) is 0 Å². The minimum absolute atomic E-state index is 0.0706. The zero-order valence-electron chi connectivity index (χ0n) is 18.8. The third-order valence-corrected chi connectivity index (χ3v) is 5.44. The third kappa shape index (κ3) is 4.53. The van der Waals surface area contributed by atoms with E-state index in [2.05, 4.69) is 0 Å². The summed E-state index contributed by atoms with van der Waals surface area (Å²) in [4.78, 5) is 58.1. The first-order valence-electron chi connectivity index (χ1n) is 10.5. The van der Waals surface area contributed by atoms with Gasteiger partial charge in [-0.2, -0.15) is 4.39 Å². The van der Waals surface area contributed by atoms with E-state index in [4.69, 9.17) is 14.2 Å². The van der Waals surface area contributed by atoms with E-state index in [1.165, 1.54) is 11.5 Å². The first kappa shape index (κ1) is 25.2. The van der Waals surface area contributed by atoms with Gasteiger partial charge in [0.2, 0.25) is 11.2 Å². The fourth-order valence-corrected chi connectivity index (χ4v) is 3.77. The van der Waals surface area contributed by atoms with Crippen LogP contribution >= 0.6 is 0 Å². The minimum atomic E-state index is -1.38. The number of hydrogen-bond acceptors (Lipinski definition) is 10. The molecule has 1 aromatic heterocycles. The summed E-state index contributed by atoms with van der Waals surface area (Å²) in [5.74, 6) is -5.52. The number of nitro benzene ring substituents is 2. The molecule has 1 aliphatic rings. The Morgan fingerprint density at radius 3 is 2.32 bits per heavy atom. The molecule has 0 bridgehead atoms. The summed E-state index contributed by atoms with van der Waals surface area (Å²) in [7, 11) is 0. The van der Waals surface area contributed by atoms with Crippen LogP contribution in [0.2, 0.25) is 0 Å². The molecule has 0 unspecified atom stereocenters. The van der Waals surface area contributed by atoms with Crippen LogP contribution in [-0.2, 0) is 9.47 Å². The fraction of sp³-hybridized carbons (Fsp3) is 0.227. The minimum Gasteiger partial charge on any atom is -0.486 e. The van der Waals surface area contributed by atoms with E-state index in [1.807, 2.05) is 0 Å². The van der Waals surface area contributed by atoms with Crippen LogP contribution in [0.5, 0.6) is 5.75 Å². The molecule has 0 N–H and O–H groups in total. The lowest BCUT2D eigenvalue weighted by atomic mass is 10.1. The van der Waals surface area contributed by atoms with Crippen LogP contribution in [0.1, 0.15) is 33.7 Å². The number of carbonyl (C=O) groups excluding carboxylic acids is 2. The lowest BCUT2D eigenvalue weighted by Gasteiger charge is -2.29. The quantitative estimate of drug-likeness (QED) is 0.257. The van der Waals surface area contributed by atoms with E-state index < -0.39 is 86.4 Å². The molecule has 1 aliphatic heterocycles. The standard InChI is InChI=1S/C22H15F2N3O10/c1-2-35-22(30)15-7-25-13(8-36-20-17(24)16(23)6-14(18(20)25)19(15)28)9-37-21(29)10-3-11(26(31)32)5-12(4-10)27(33)34/h3-7,13H,2,8-9H2,1H3/t13-/m1/s1. The molecule has 0 fully saturated rings. The number of ether oxygens (including phenoxy) is 3. The van der Waals surface area contributed by atoms with Gasteiger partial charge in [0.25, 0.3) is 11.4 Å². The Kier molecular flexibility index (Phi) is 6.52. The van der Waals surface area contributed by atoms with Crippen LogP contribution in [0.15, 0.2) is 35.3 Å². The van der Waals surface area contributed by atoms with Crippen LogP contribution in [0.3, 0.4) is 0 Å². The van der Waals surface area contributed by atoms with E-state index in [-0.39, 0.29) is 17.5 Å². The van der Waals surface area contributed by atoms with Gasteiger partial charge in [0.1, 0.15) is 24.8 Å². The second kappa shape index (κ2) is 9.60. The number of nitrogens with zero attached hydrogens (tertiary/aromatic N) is 3. The second-order valence-corrected chi connectivity index (χ2v) is 7.71. The maximum absolute atomic E-state index is 14.4. The Morgan fingerprint density at radius 2 is 1.73 bits per heavy atom. The molecule has 0 radical (unpaired) electrons. The van der Waals surface area contributed by atoms with Crippen molar-refractivity contribution in [1.82, 2.24) is 4.57 Å². The van der Waals surface area contributed by atoms with Crippen molar-refractivity contribution in [2.24, 2.45) is 0 Å². The lowest BCUT2D eigenvalue weighted by molar-refractivity contribution is -0.394. The number of halogens is 2. The molecule has 3 aromatic rings. The monoisotopic (exact) mass is 519 g/mol. The average molecular weight is 519 g/mol. The number of pyridine rings is 1. The predicted octanol–water partition coefficient (Wildman–Crippen LogP) is 3.06. The topological polar surface area (TPSA) is 170 Å². The molecule has 0 spiro atoms. The summed E-state index contributed by atoms with van der Waals surface area (Å²) in [6.07, 6.45) is 1.04. The second-order valence-electron chi connectivity index (χ2n) is 7.71. The summed E-state index contributed by atoms with van der Waals surface area (Å²) < 4.78 is 45.1. The van der Waals surface area contributed by atoms with Crippen molar-refractivity contribution < 1.29 is 42.4 Å². The van der Waals surface area contributed by atoms with Crippen molar-refractivity contribution in [2.45, 2.75) is 13.0 Å². The van der Waals surface area contributed by atoms with Crippen molar-refractivity contribution in [2.75, 3.05) is 19.8 Å². The number of nitro groups is 2. The number of hydrogen-bond donors (Lipinski definition) is 0. The van der Waals surface area contributed by atoms with Gasteiger partial charge in [-0.15, -0.1) is 0 Å². The largest absolute Gasteiger partial charge is 0.486 e. The van der Waals surface area contributed by atoms with E-state index in [9.17, 15) is 43.4 Å². The molecule has 13 nitrogen and oxygen atoms in total. The Labute approximate surface area is 204 Å². The normalized spacial score (nSPS) is 14.1. The van der Waals surface area contributed by atoms with Crippen LogP contribution in [0.25, 0.3) is 10.9 Å². The van der Waals surface area contributed by atoms with Crippen molar-refractivity contribution in [3.63, 3.8) is 0 Å². The molecule has 0 aliphatic carbocycles. The molecule has 37 heavy (non-hydrogen) atoms. The van der Waals surface area contributed by atoms with Gasteiger partial charge in [-0.1, -0.05) is 0 Å². The van der Waals surface area contributed by atoms with Crippen LogP contribution < -0.4 is 10.2 Å². The van der Waals surface area contributed by atoms with Gasteiger partial charge in [-0.3, -0.25) is 25.0 Å². The predicted molar refractivity (Wildman–Crippen MR) is 119 cm³/mol. The van der Waals surface area contributed by atoms with Gasteiger partial charge in [0, 0.05) is 18.3 Å². The number of esters is 2. The zero-order chi connectivity index (χ0) is 27.0. The van der Waals surface area contributed by atoms with Crippen molar-refractivity contribution in [3.8, 4) is 5.75 Å². The smallest absolute Gasteiger partial charge is 0.343 e. The van der Waals surface area contributed by atoms with Crippen molar-refractivity contribution >= 4 is 34.2 Å². The lowest BCUT2D eigenvalue weighted by Crippen LogP contribution is -2.32. The summed E-state index contributed by atoms with van der Waals surface area (Å²) in [5.41, 5.74) is -3.53. The van der Waals surface area contributed by atoms with Gasteiger partial charge < -0.3 is 18.8 Å². The zero-order valence-corrected chi connectivity index (χ0v) is 18.8. The maximum atomic E-state index is 14.4. The summed E-state index contributed by atoms with van der Waals surface area (Å²) >= 11 is 0. The van der Waals surface area contributed by atoms with Crippen LogP contribution in [0, 0.1) is 31.9 Å². The molecular weight excluding hydrogens is 504 g/mol. The van der Waals surface area contributed by atoms with Crippen molar-refractivity contribution in [3.05, 3.63) is 83.7 Å². The number of aromatic nitrogens is 1. The number of carbonyl (C=O) groups is 2. The highest BCUT2D eigenvalue weighted by Crippen LogP contribution is 2.36. The molecule has 0 saturated heterocycles. The Hall–Kier alpha value is -4.95. The van der Waals surface area contributed by atoms with E-state index in [0.29, 0.717) is 12.1 Å². The Bertz CT molecular complexity index is 1520. The van der Waals surface area contributed by atoms with Gasteiger partial charge in [-0.25, -0.2) is 14.0 Å². The highest BCUT2D eigenvalue weighted by Gasteiger charge is 2.31. The van der Waals surface area contributed by atoms with E-state index in [0.717, 1.165) is 18.3 Å². The van der Waals surface area contributed by atoms with Gasteiger partial charge in [0.05, 0.1) is 39.0 Å². The van der Waals surface area contributed by atoms with E-state index >= 15 is 0 Å². The molecule has 0 saturated carbocycles. The number of rotatable bonds is 7. The Morgan fingerprint density at radius 1 is 1.08 bits per heavy atom. The van der Waals surface area contributed by atoms with E-state index in [1.54, 1.807) is 0 Å². The molecule has 1 atom stereocenters. The summed E-state index contributed by atoms with van der Waals surface area (Å²) in [6.45, 7) is 0.505. The SMILES string of the molecule is CCOC(=O)c1cn2c3c(c(F)c(F)cc3c1=O)OC[C@@H]2COC(=O)c1cc([N+](=O)[O-])cc([N+](=O)[O-])c1. The highest BCUT2D eigenvalue weighted by molar-refractivity contribution is 5.95. The molecule has 192 valence electrons. The maximum Gasteiger partial charge on any atom is 0.343 e. The van der Waals surface area contributed by atoms with Crippen LogP contribution in [-0.4, -0.2) is 46.2 Å². The molecular formula is C22H15F2N3O10. The molecule has 2 heterocycles. The highest BCUT2D eigenvalue weighted by atomic mass is 19.2. The number of non-ortho nitro benzene ring substituents is 2. The molecule has 2 aromatic carbocycles. The first-order chi connectivity index (χ1) is 17.5. The third-order valence-electron chi connectivity index (χ3n) is 5.44. The molecule has 4 rings (SSSR count). The average Bonchev–Trinajstić information content (AvgIpc) is 2.87. The number of benzene rings is 2. The fourth-order valence-electron chi connectivity index (χ4n) is 3.77.